The first-order valence-electron chi connectivity index (χ1n) is 5.31. The summed E-state index contributed by atoms with van der Waals surface area (Å²) < 4.78 is 9.37. The molecule has 96 valence electrons. The maximum Gasteiger partial charge on any atom is 0.354 e. The fourth-order valence-electron chi connectivity index (χ4n) is 1.40. The molecule has 1 aromatic rings. The summed E-state index contributed by atoms with van der Waals surface area (Å²) in [6.07, 6.45) is -0.532. The van der Waals surface area contributed by atoms with Gasteiger partial charge in [-0.2, -0.15) is 0 Å². The Morgan fingerprint density at radius 2 is 2.29 bits per heavy atom. The number of methoxy groups -OCH3 is 2. The van der Waals surface area contributed by atoms with E-state index in [4.69, 9.17) is 4.74 Å². The number of carbonyl (C=O) groups is 1. The molecule has 0 fully saturated rings. The van der Waals surface area contributed by atoms with Crippen LogP contribution in [0.3, 0.4) is 0 Å². The molecule has 1 aromatic heterocycles. The van der Waals surface area contributed by atoms with Gasteiger partial charge >= 0.3 is 5.97 Å². The Morgan fingerprint density at radius 3 is 2.94 bits per heavy atom. The van der Waals surface area contributed by atoms with Crippen LogP contribution in [0.5, 0.6) is 0 Å². The Labute approximate surface area is 99.9 Å². The summed E-state index contributed by atoms with van der Waals surface area (Å²) >= 11 is 0. The van der Waals surface area contributed by atoms with Gasteiger partial charge in [-0.1, -0.05) is 0 Å². The van der Waals surface area contributed by atoms with Gasteiger partial charge in [0.25, 0.3) is 0 Å². The highest BCUT2D eigenvalue weighted by molar-refractivity contribution is 5.87. The number of ether oxygens (including phenoxy) is 2. The van der Waals surface area contributed by atoms with E-state index in [1.807, 2.05) is 0 Å². The van der Waals surface area contributed by atoms with E-state index in [1.54, 1.807) is 12.1 Å². The molecule has 1 unspecified atom stereocenters. The quantitative estimate of drug-likeness (QED) is 0.581. The number of rotatable bonds is 7. The van der Waals surface area contributed by atoms with Crippen LogP contribution < -0.4 is 5.32 Å². The van der Waals surface area contributed by atoms with Crippen molar-refractivity contribution in [2.75, 3.05) is 27.4 Å². The summed E-state index contributed by atoms with van der Waals surface area (Å²) in [7, 11) is 2.87. The minimum Gasteiger partial charge on any atom is -0.464 e. The number of aromatic amines is 1. The van der Waals surface area contributed by atoms with Gasteiger partial charge in [0.1, 0.15) is 5.69 Å². The van der Waals surface area contributed by atoms with Crippen LogP contribution in [-0.4, -0.2) is 49.5 Å². The topological polar surface area (TPSA) is 83.6 Å². The van der Waals surface area contributed by atoms with Gasteiger partial charge in [0, 0.05) is 25.9 Å². The van der Waals surface area contributed by atoms with E-state index < -0.39 is 12.1 Å². The number of aliphatic hydroxyl groups excluding tert-OH is 1. The summed E-state index contributed by atoms with van der Waals surface area (Å²) in [4.78, 5) is 14.1. The first-order valence-corrected chi connectivity index (χ1v) is 5.31. The second-order valence-corrected chi connectivity index (χ2v) is 3.63. The number of aliphatic hydroxyl groups is 1. The van der Waals surface area contributed by atoms with Crippen LogP contribution in [0.4, 0.5) is 0 Å². The van der Waals surface area contributed by atoms with Crippen LogP contribution in [-0.2, 0) is 16.0 Å². The van der Waals surface area contributed by atoms with Gasteiger partial charge in [-0.05, 0) is 12.1 Å². The van der Waals surface area contributed by atoms with Crippen molar-refractivity contribution in [2.45, 2.75) is 12.6 Å². The number of H-pyrrole nitrogens is 1. The molecule has 1 atom stereocenters. The molecule has 1 rings (SSSR count). The highest BCUT2D eigenvalue weighted by atomic mass is 16.5. The number of aromatic nitrogens is 1. The highest BCUT2D eigenvalue weighted by Gasteiger charge is 2.08. The van der Waals surface area contributed by atoms with Gasteiger partial charge in [0.15, 0.2) is 0 Å². The third kappa shape index (κ3) is 4.56. The van der Waals surface area contributed by atoms with Gasteiger partial charge in [-0.3, -0.25) is 0 Å². The Morgan fingerprint density at radius 1 is 1.53 bits per heavy atom. The van der Waals surface area contributed by atoms with E-state index in [9.17, 15) is 9.90 Å². The van der Waals surface area contributed by atoms with E-state index >= 15 is 0 Å². The summed E-state index contributed by atoms with van der Waals surface area (Å²) in [6.45, 7) is 1.27. The van der Waals surface area contributed by atoms with Crippen molar-refractivity contribution in [3.05, 3.63) is 23.5 Å². The molecule has 0 aliphatic heterocycles. The second kappa shape index (κ2) is 7.05. The van der Waals surface area contributed by atoms with E-state index in [0.717, 1.165) is 5.69 Å². The predicted molar refractivity (Wildman–Crippen MR) is 61.7 cm³/mol. The van der Waals surface area contributed by atoms with Crippen LogP contribution in [0.25, 0.3) is 0 Å². The molecule has 3 N–H and O–H groups in total. The van der Waals surface area contributed by atoms with Crippen LogP contribution in [0.15, 0.2) is 12.1 Å². The monoisotopic (exact) mass is 242 g/mol. The van der Waals surface area contributed by atoms with Crippen molar-refractivity contribution in [3.8, 4) is 0 Å². The molecule has 0 saturated heterocycles. The van der Waals surface area contributed by atoms with Gasteiger partial charge in [-0.15, -0.1) is 0 Å². The van der Waals surface area contributed by atoms with Crippen molar-refractivity contribution in [3.63, 3.8) is 0 Å². The maximum absolute atomic E-state index is 11.2. The average molecular weight is 242 g/mol. The van der Waals surface area contributed by atoms with Gasteiger partial charge < -0.3 is 24.9 Å². The first-order chi connectivity index (χ1) is 8.17. The summed E-state index contributed by atoms with van der Waals surface area (Å²) in [5.41, 5.74) is 1.27. The standard InChI is InChI=1S/C11H18N2O4/c1-16-7-9(14)6-12-5-8-3-4-10(13-8)11(15)17-2/h3-4,9,12-14H,5-7H2,1-2H3. The van der Waals surface area contributed by atoms with Crippen LogP contribution in [0, 0.1) is 0 Å². The lowest BCUT2D eigenvalue weighted by atomic mass is 10.3. The van der Waals surface area contributed by atoms with Crippen molar-refractivity contribution < 1.29 is 19.4 Å². The fraction of sp³-hybridized carbons (Fsp3) is 0.545. The Bertz CT molecular complexity index is 351. The molecule has 0 aromatic carbocycles. The molecular formula is C11H18N2O4. The lowest BCUT2D eigenvalue weighted by Crippen LogP contribution is -2.29. The molecule has 6 nitrogen and oxygen atoms in total. The van der Waals surface area contributed by atoms with Gasteiger partial charge in [0.2, 0.25) is 0 Å². The minimum atomic E-state index is -0.532. The molecule has 17 heavy (non-hydrogen) atoms. The van der Waals surface area contributed by atoms with E-state index in [0.29, 0.717) is 25.4 Å². The van der Waals surface area contributed by atoms with Crippen molar-refractivity contribution in [2.24, 2.45) is 0 Å². The molecule has 0 saturated carbocycles. The Kier molecular flexibility index (Phi) is 5.68. The van der Waals surface area contributed by atoms with Crippen molar-refractivity contribution >= 4 is 5.97 Å². The summed E-state index contributed by atoms with van der Waals surface area (Å²) in [5.74, 6) is -0.393. The van der Waals surface area contributed by atoms with Crippen molar-refractivity contribution in [1.29, 1.82) is 0 Å². The smallest absolute Gasteiger partial charge is 0.354 e. The number of nitrogens with one attached hydrogen (secondary N) is 2. The molecule has 0 radical (unpaired) electrons. The summed E-state index contributed by atoms with van der Waals surface area (Å²) in [5, 5.41) is 12.4. The molecule has 0 aliphatic rings. The van der Waals surface area contributed by atoms with E-state index in [-0.39, 0.29) is 0 Å². The fourth-order valence-corrected chi connectivity index (χ4v) is 1.40. The Hall–Kier alpha value is -1.37. The predicted octanol–water partition coefficient (Wildman–Crippen LogP) is -0.102. The molecule has 0 spiro atoms. The lowest BCUT2D eigenvalue weighted by Gasteiger charge is -2.09. The third-order valence-corrected chi connectivity index (χ3v) is 2.21. The zero-order chi connectivity index (χ0) is 12.7. The molecule has 0 aliphatic carbocycles. The number of carbonyl (C=O) groups excluding carboxylic acids is 1. The lowest BCUT2D eigenvalue weighted by molar-refractivity contribution is 0.0594. The SMILES string of the molecule is COCC(O)CNCc1ccc(C(=O)OC)[nH]1. The molecule has 1 heterocycles. The number of hydrogen-bond donors (Lipinski definition) is 3. The van der Waals surface area contributed by atoms with Crippen LogP contribution in [0.2, 0.25) is 0 Å². The van der Waals surface area contributed by atoms with Gasteiger partial charge in [-0.25, -0.2) is 4.79 Å². The van der Waals surface area contributed by atoms with E-state index in [1.165, 1.54) is 14.2 Å². The number of esters is 1. The molecule has 0 amide bonds. The highest BCUT2D eigenvalue weighted by Crippen LogP contribution is 2.03. The van der Waals surface area contributed by atoms with Crippen molar-refractivity contribution in [1.82, 2.24) is 10.3 Å². The third-order valence-electron chi connectivity index (χ3n) is 2.21. The summed E-state index contributed by atoms with van der Waals surface area (Å²) in [6, 6.07) is 3.45. The molecular weight excluding hydrogens is 224 g/mol. The normalized spacial score (nSPS) is 12.4. The zero-order valence-electron chi connectivity index (χ0n) is 10.0. The minimum absolute atomic E-state index is 0.297. The van der Waals surface area contributed by atoms with Crippen LogP contribution in [0.1, 0.15) is 16.2 Å². The maximum atomic E-state index is 11.2. The molecule has 6 heteroatoms. The van der Waals surface area contributed by atoms with Crippen LogP contribution >= 0.6 is 0 Å². The Balaban J connectivity index is 2.32. The molecule has 0 bridgehead atoms. The van der Waals surface area contributed by atoms with Gasteiger partial charge in [0.05, 0.1) is 19.8 Å². The van der Waals surface area contributed by atoms with E-state index in [2.05, 4.69) is 15.0 Å². The largest absolute Gasteiger partial charge is 0.464 e. The zero-order valence-corrected chi connectivity index (χ0v) is 10.0. The average Bonchev–Trinajstić information content (AvgIpc) is 2.77. The first kappa shape index (κ1) is 13.7. The second-order valence-electron chi connectivity index (χ2n) is 3.63. The number of hydrogen-bond acceptors (Lipinski definition) is 5.